The highest BCUT2D eigenvalue weighted by atomic mass is 19.1. The third kappa shape index (κ3) is 4.79. The summed E-state index contributed by atoms with van der Waals surface area (Å²) in [4.78, 5) is 32.6. The molecule has 2 aliphatic rings. The van der Waals surface area contributed by atoms with Crippen LogP contribution in [0.15, 0.2) is 34.9 Å². The quantitative estimate of drug-likeness (QED) is 0.806. The van der Waals surface area contributed by atoms with Crippen molar-refractivity contribution in [3.63, 3.8) is 0 Å². The van der Waals surface area contributed by atoms with E-state index in [1.165, 1.54) is 12.1 Å². The molecule has 1 unspecified atom stereocenters. The lowest BCUT2D eigenvalue weighted by Gasteiger charge is -2.35. The second-order valence-electron chi connectivity index (χ2n) is 7.45. The molecule has 2 saturated heterocycles. The number of carbonyl (C=O) groups is 2. The molecule has 2 aliphatic heterocycles. The minimum atomic E-state index is -0.315. The van der Waals surface area contributed by atoms with Crippen molar-refractivity contribution in [2.45, 2.75) is 25.4 Å². The summed E-state index contributed by atoms with van der Waals surface area (Å²) >= 11 is 0. The van der Waals surface area contributed by atoms with Gasteiger partial charge in [-0.25, -0.2) is 14.2 Å². The van der Waals surface area contributed by atoms with Crippen molar-refractivity contribution in [3.05, 3.63) is 42.0 Å². The fraction of sp³-hybridized carbons (Fsp3) is 0.476. The minimum absolute atomic E-state index is 0.0375. The van der Waals surface area contributed by atoms with E-state index in [-0.39, 0.29) is 23.9 Å². The molecule has 0 spiro atoms. The molecule has 0 saturated carbocycles. The van der Waals surface area contributed by atoms with Gasteiger partial charge in [0.2, 0.25) is 5.89 Å². The average molecular weight is 416 g/mol. The molecule has 1 atom stereocenters. The smallest absolute Gasteiger partial charge is 0.317 e. The van der Waals surface area contributed by atoms with Crippen LogP contribution in [-0.4, -0.2) is 72.2 Å². The maximum absolute atomic E-state index is 13.0. The van der Waals surface area contributed by atoms with E-state index in [0.717, 1.165) is 12.8 Å². The Morgan fingerprint density at radius 2 is 1.87 bits per heavy atom. The molecular weight excluding hydrogens is 391 g/mol. The van der Waals surface area contributed by atoms with E-state index in [1.54, 1.807) is 28.2 Å². The van der Waals surface area contributed by atoms with Gasteiger partial charge in [0.15, 0.2) is 0 Å². The maximum Gasteiger partial charge on any atom is 0.317 e. The third-order valence-electron chi connectivity index (χ3n) is 5.38. The molecule has 3 heterocycles. The summed E-state index contributed by atoms with van der Waals surface area (Å²) in [5.74, 6) is 0.143. The normalized spacial score (nSPS) is 19.2. The highest BCUT2D eigenvalue weighted by Crippen LogP contribution is 2.19. The summed E-state index contributed by atoms with van der Waals surface area (Å²) < 4.78 is 23.9. The number of oxazole rings is 1. The first-order valence-corrected chi connectivity index (χ1v) is 10.2. The summed E-state index contributed by atoms with van der Waals surface area (Å²) in [6.45, 7) is 3.12. The van der Waals surface area contributed by atoms with Gasteiger partial charge in [-0.05, 0) is 37.1 Å². The van der Waals surface area contributed by atoms with Crippen molar-refractivity contribution in [2.75, 3.05) is 39.3 Å². The Morgan fingerprint density at radius 3 is 2.57 bits per heavy atom. The van der Waals surface area contributed by atoms with Gasteiger partial charge in [-0.15, -0.1) is 0 Å². The molecule has 2 aromatic rings. The number of nitrogens with one attached hydrogen (secondary N) is 1. The molecule has 2 fully saturated rings. The van der Waals surface area contributed by atoms with E-state index in [1.807, 2.05) is 0 Å². The van der Waals surface area contributed by atoms with Crippen LogP contribution in [0.1, 0.15) is 18.5 Å². The Labute approximate surface area is 174 Å². The number of rotatable bonds is 5. The molecule has 0 radical (unpaired) electrons. The maximum atomic E-state index is 13.0. The third-order valence-corrected chi connectivity index (χ3v) is 5.38. The average Bonchev–Trinajstić information content (AvgIpc) is 3.46. The highest BCUT2D eigenvalue weighted by molar-refractivity contribution is 5.81. The van der Waals surface area contributed by atoms with E-state index in [4.69, 9.17) is 9.15 Å². The van der Waals surface area contributed by atoms with E-state index in [9.17, 15) is 14.0 Å². The van der Waals surface area contributed by atoms with E-state index >= 15 is 0 Å². The number of halogens is 1. The molecule has 1 aromatic carbocycles. The number of benzene rings is 1. The van der Waals surface area contributed by atoms with Gasteiger partial charge >= 0.3 is 6.03 Å². The van der Waals surface area contributed by atoms with Gasteiger partial charge in [0.25, 0.3) is 5.91 Å². The molecule has 30 heavy (non-hydrogen) atoms. The van der Waals surface area contributed by atoms with Crippen molar-refractivity contribution in [1.82, 2.24) is 20.1 Å². The summed E-state index contributed by atoms with van der Waals surface area (Å²) in [7, 11) is 0. The molecule has 1 N–H and O–H groups in total. The molecule has 0 aliphatic carbocycles. The van der Waals surface area contributed by atoms with E-state index in [0.29, 0.717) is 62.9 Å². The zero-order chi connectivity index (χ0) is 20.9. The van der Waals surface area contributed by atoms with Gasteiger partial charge < -0.3 is 24.3 Å². The monoisotopic (exact) mass is 416 g/mol. The highest BCUT2D eigenvalue weighted by Gasteiger charge is 2.31. The molecule has 1 aromatic heterocycles. The van der Waals surface area contributed by atoms with Gasteiger partial charge in [-0.1, -0.05) is 0 Å². The molecule has 9 heteroatoms. The summed E-state index contributed by atoms with van der Waals surface area (Å²) in [6.07, 6.45) is 3.46. The van der Waals surface area contributed by atoms with Crippen LogP contribution in [0, 0.1) is 5.82 Å². The Kier molecular flexibility index (Phi) is 6.27. The number of urea groups is 1. The van der Waals surface area contributed by atoms with Gasteiger partial charge in [-0.2, -0.15) is 0 Å². The largest absolute Gasteiger partial charge is 0.444 e. The van der Waals surface area contributed by atoms with Crippen LogP contribution in [0.25, 0.3) is 11.5 Å². The predicted octanol–water partition coefficient (Wildman–Crippen LogP) is 2.06. The number of ether oxygens (including phenoxy) is 1. The van der Waals surface area contributed by atoms with Gasteiger partial charge in [0.05, 0.1) is 5.69 Å². The number of amides is 3. The topological polar surface area (TPSA) is 87.9 Å². The lowest BCUT2D eigenvalue weighted by atomic mass is 10.2. The van der Waals surface area contributed by atoms with Gasteiger partial charge in [0, 0.05) is 51.3 Å². The number of nitrogens with zero attached hydrogens (tertiary/aromatic N) is 3. The van der Waals surface area contributed by atoms with Crippen LogP contribution in [0.3, 0.4) is 0 Å². The number of carbonyl (C=O) groups excluding carboxylic acids is 2. The van der Waals surface area contributed by atoms with E-state index in [2.05, 4.69) is 10.3 Å². The molecule has 4 rings (SSSR count). The summed E-state index contributed by atoms with van der Waals surface area (Å²) in [5, 5.41) is 2.88. The molecule has 3 amide bonds. The van der Waals surface area contributed by atoms with Crippen molar-refractivity contribution < 1.29 is 23.1 Å². The zero-order valence-corrected chi connectivity index (χ0v) is 16.7. The standard InChI is InChI=1S/C21H25FN4O4/c22-16-5-3-15(4-6-16)19-24-17(14-30-19)7-8-23-21(28)26-11-9-25(10-12-26)20(27)18-2-1-13-29-18/h3-6,14,18H,1-2,7-13H2,(H,23,28). The van der Waals surface area contributed by atoms with Crippen LogP contribution >= 0.6 is 0 Å². The Morgan fingerprint density at radius 1 is 1.13 bits per heavy atom. The number of hydrogen-bond acceptors (Lipinski definition) is 5. The Hall–Kier alpha value is -2.94. The van der Waals surface area contributed by atoms with Crippen LogP contribution in [0.5, 0.6) is 0 Å². The zero-order valence-electron chi connectivity index (χ0n) is 16.7. The summed E-state index contributed by atoms with van der Waals surface area (Å²) in [5.41, 5.74) is 1.41. The van der Waals surface area contributed by atoms with Crippen LogP contribution in [0.2, 0.25) is 0 Å². The lowest BCUT2D eigenvalue weighted by molar-refractivity contribution is -0.142. The molecule has 0 bridgehead atoms. The fourth-order valence-electron chi connectivity index (χ4n) is 3.66. The van der Waals surface area contributed by atoms with Crippen molar-refractivity contribution >= 4 is 11.9 Å². The van der Waals surface area contributed by atoms with Crippen LogP contribution < -0.4 is 5.32 Å². The SMILES string of the molecule is O=C(NCCc1coc(-c2ccc(F)cc2)n1)N1CCN(C(=O)C2CCCO2)CC1. The van der Waals surface area contributed by atoms with Crippen molar-refractivity contribution in [3.8, 4) is 11.5 Å². The second-order valence-corrected chi connectivity index (χ2v) is 7.45. The lowest BCUT2D eigenvalue weighted by Crippen LogP contribution is -2.55. The molecular formula is C21H25FN4O4. The van der Waals surface area contributed by atoms with E-state index < -0.39 is 0 Å². The number of hydrogen-bond donors (Lipinski definition) is 1. The minimum Gasteiger partial charge on any atom is -0.444 e. The predicted molar refractivity (Wildman–Crippen MR) is 106 cm³/mol. The van der Waals surface area contributed by atoms with Gasteiger partial charge in [0.1, 0.15) is 18.2 Å². The Bertz CT molecular complexity index is 871. The molecule has 8 nitrogen and oxygen atoms in total. The van der Waals surface area contributed by atoms with Crippen LogP contribution in [-0.2, 0) is 16.0 Å². The van der Waals surface area contributed by atoms with Crippen molar-refractivity contribution in [2.24, 2.45) is 0 Å². The van der Waals surface area contributed by atoms with Gasteiger partial charge in [-0.3, -0.25) is 4.79 Å². The van der Waals surface area contributed by atoms with Crippen molar-refractivity contribution in [1.29, 1.82) is 0 Å². The molecule has 160 valence electrons. The first-order chi connectivity index (χ1) is 14.6. The summed E-state index contributed by atoms with van der Waals surface area (Å²) in [6, 6.07) is 5.77. The first kappa shape index (κ1) is 20.3. The second kappa shape index (κ2) is 9.25. The number of piperazine rings is 1. The first-order valence-electron chi connectivity index (χ1n) is 10.2. The number of aromatic nitrogens is 1. The van der Waals surface area contributed by atoms with Crippen LogP contribution in [0.4, 0.5) is 9.18 Å². The Balaban J connectivity index is 1.19. The fourth-order valence-corrected chi connectivity index (χ4v) is 3.66.